The first-order valence-electron chi connectivity index (χ1n) is 9.94. The Morgan fingerprint density at radius 1 is 1.13 bits per heavy atom. The maximum atomic E-state index is 13.5. The Balaban J connectivity index is 1.74. The van der Waals surface area contributed by atoms with Crippen LogP contribution in [0.2, 0.25) is 0 Å². The zero-order valence-electron chi connectivity index (χ0n) is 16.9. The van der Waals surface area contributed by atoms with E-state index in [1.807, 2.05) is 0 Å². The van der Waals surface area contributed by atoms with Crippen LogP contribution in [-0.2, 0) is 6.42 Å². The molecule has 31 heavy (non-hydrogen) atoms. The van der Waals surface area contributed by atoms with Crippen LogP contribution < -0.4 is 10.3 Å². The first-order chi connectivity index (χ1) is 14.9. The predicted molar refractivity (Wildman–Crippen MR) is 118 cm³/mol. The molecule has 2 aromatic carbocycles. The third kappa shape index (κ3) is 3.19. The first kappa shape index (κ1) is 19.4. The minimum absolute atomic E-state index is 0.00217. The summed E-state index contributed by atoms with van der Waals surface area (Å²) in [5.74, 6) is -0.0138. The second kappa shape index (κ2) is 7.31. The van der Waals surface area contributed by atoms with Gasteiger partial charge in [-0.1, -0.05) is 49.4 Å². The van der Waals surface area contributed by atoms with Crippen molar-refractivity contribution in [2.75, 3.05) is 4.90 Å². The molecule has 0 aliphatic carbocycles. The second-order valence-electron chi connectivity index (χ2n) is 7.92. The van der Waals surface area contributed by atoms with E-state index in [9.17, 15) is 14.7 Å². The van der Waals surface area contributed by atoms with Crippen LogP contribution in [0, 0.1) is 5.92 Å². The monoisotopic (exact) mass is 433 g/mol. The van der Waals surface area contributed by atoms with Crippen LogP contribution in [0.25, 0.3) is 11.0 Å². The molecule has 0 bridgehead atoms. The number of phenols is 1. The maximum absolute atomic E-state index is 13.5. The van der Waals surface area contributed by atoms with Crippen LogP contribution in [0.1, 0.15) is 46.6 Å². The Bertz CT molecular complexity index is 1370. The Kier molecular flexibility index (Phi) is 4.59. The van der Waals surface area contributed by atoms with E-state index in [0.717, 1.165) is 11.4 Å². The van der Waals surface area contributed by atoms with Gasteiger partial charge >= 0.3 is 0 Å². The number of aromatic hydroxyl groups is 1. The average Bonchev–Trinajstić information content (AvgIpc) is 3.30. The zero-order chi connectivity index (χ0) is 21.7. The highest BCUT2D eigenvalue weighted by Crippen LogP contribution is 2.42. The standard InChI is InChI=1S/C23H19N3O4S/c1-12(2)10-17-24-25-23(31-17)26-19(13-6-5-7-14(27)11-13)18-20(28)15-8-3-4-9-16(15)30-21(18)22(26)29/h3-9,11-12,19,27H,10H2,1-2H3/t19-/m1/s1. The molecule has 156 valence electrons. The number of carbonyl (C=O) groups is 1. The molecule has 0 radical (unpaired) electrons. The molecule has 1 aliphatic heterocycles. The lowest BCUT2D eigenvalue weighted by Gasteiger charge is -2.22. The summed E-state index contributed by atoms with van der Waals surface area (Å²) in [6.07, 6.45) is 0.741. The Morgan fingerprint density at radius 2 is 1.94 bits per heavy atom. The van der Waals surface area contributed by atoms with E-state index in [-0.39, 0.29) is 22.5 Å². The van der Waals surface area contributed by atoms with Gasteiger partial charge in [0, 0.05) is 6.42 Å². The molecule has 1 amide bonds. The quantitative estimate of drug-likeness (QED) is 0.515. The first-order valence-corrected chi connectivity index (χ1v) is 10.8. The molecule has 1 N–H and O–H groups in total. The largest absolute Gasteiger partial charge is 0.508 e. The molecule has 4 aromatic rings. The van der Waals surface area contributed by atoms with Gasteiger partial charge in [0.15, 0.2) is 5.43 Å². The average molecular weight is 433 g/mol. The number of hydrogen-bond donors (Lipinski definition) is 1. The summed E-state index contributed by atoms with van der Waals surface area (Å²) < 4.78 is 5.91. The van der Waals surface area contributed by atoms with Crippen LogP contribution in [0.3, 0.4) is 0 Å². The van der Waals surface area contributed by atoms with Crippen molar-refractivity contribution in [3.8, 4) is 5.75 Å². The van der Waals surface area contributed by atoms with E-state index in [0.29, 0.717) is 27.6 Å². The van der Waals surface area contributed by atoms with E-state index < -0.39 is 11.9 Å². The van der Waals surface area contributed by atoms with Crippen molar-refractivity contribution in [1.29, 1.82) is 0 Å². The lowest BCUT2D eigenvalue weighted by molar-refractivity contribution is 0.0970. The Morgan fingerprint density at radius 3 is 2.71 bits per heavy atom. The molecular formula is C23H19N3O4S. The van der Waals surface area contributed by atoms with Gasteiger partial charge in [0.05, 0.1) is 17.0 Å². The fourth-order valence-electron chi connectivity index (χ4n) is 3.90. The fraction of sp³-hybridized carbons (Fsp3) is 0.217. The van der Waals surface area contributed by atoms with Gasteiger partial charge < -0.3 is 9.52 Å². The maximum Gasteiger partial charge on any atom is 0.297 e. The molecule has 5 rings (SSSR count). The fourth-order valence-corrected chi connectivity index (χ4v) is 4.98. The summed E-state index contributed by atoms with van der Waals surface area (Å²) in [4.78, 5) is 28.3. The molecule has 0 unspecified atom stereocenters. The Hall–Kier alpha value is -3.52. The molecule has 0 saturated carbocycles. The number of amides is 1. The summed E-state index contributed by atoms with van der Waals surface area (Å²) in [7, 11) is 0. The molecule has 0 saturated heterocycles. The number of para-hydroxylation sites is 1. The highest BCUT2D eigenvalue weighted by atomic mass is 32.1. The van der Waals surface area contributed by atoms with E-state index in [1.165, 1.54) is 16.2 Å². The summed E-state index contributed by atoms with van der Waals surface area (Å²) in [5, 5.41) is 20.2. The number of carbonyl (C=O) groups excluding carboxylic acids is 1. The van der Waals surface area contributed by atoms with Crippen molar-refractivity contribution in [2.45, 2.75) is 26.3 Å². The number of phenolic OH excluding ortho intramolecular Hbond substituents is 1. The van der Waals surface area contributed by atoms with E-state index in [4.69, 9.17) is 4.42 Å². The zero-order valence-corrected chi connectivity index (χ0v) is 17.7. The van der Waals surface area contributed by atoms with Crippen molar-refractivity contribution in [2.24, 2.45) is 5.92 Å². The number of anilines is 1. The number of benzene rings is 2. The predicted octanol–water partition coefficient (Wildman–Crippen LogP) is 4.30. The summed E-state index contributed by atoms with van der Waals surface area (Å²) in [5.41, 5.74) is 0.923. The van der Waals surface area contributed by atoms with Gasteiger partial charge in [0.1, 0.15) is 16.3 Å². The van der Waals surface area contributed by atoms with Crippen molar-refractivity contribution in [3.05, 3.63) is 80.6 Å². The smallest absolute Gasteiger partial charge is 0.297 e. The molecule has 7 nitrogen and oxygen atoms in total. The van der Waals surface area contributed by atoms with Gasteiger partial charge in [-0.25, -0.2) is 0 Å². The second-order valence-corrected chi connectivity index (χ2v) is 8.96. The highest BCUT2D eigenvalue weighted by molar-refractivity contribution is 7.15. The van der Waals surface area contributed by atoms with E-state index in [2.05, 4.69) is 24.0 Å². The van der Waals surface area contributed by atoms with Crippen molar-refractivity contribution in [1.82, 2.24) is 10.2 Å². The SMILES string of the molecule is CC(C)Cc1nnc(N2C(=O)c3oc4ccccc4c(=O)c3[C@H]2c2cccc(O)c2)s1. The molecule has 8 heteroatoms. The topological polar surface area (TPSA) is 96.5 Å². The van der Waals surface area contributed by atoms with Crippen LogP contribution in [0.5, 0.6) is 5.75 Å². The lowest BCUT2D eigenvalue weighted by atomic mass is 9.98. The highest BCUT2D eigenvalue weighted by Gasteiger charge is 2.45. The molecular weight excluding hydrogens is 414 g/mol. The lowest BCUT2D eigenvalue weighted by Crippen LogP contribution is -2.29. The molecule has 0 fully saturated rings. The van der Waals surface area contributed by atoms with Crippen molar-refractivity contribution in [3.63, 3.8) is 0 Å². The third-order valence-corrected chi connectivity index (χ3v) is 6.15. The molecule has 1 atom stereocenters. The molecule has 3 heterocycles. The van der Waals surface area contributed by atoms with Crippen LogP contribution in [0.4, 0.5) is 5.13 Å². The minimum Gasteiger partial charge on any atom is -0.508 e. The van der Waals surface area contributed by atoms with Gasteiger partial charge in [0.25, 0.3) is 5.91 Å². The van der Waals surface area contributed by atoms with Crippen LogP contribution >= 0.6 is 11.3 Å². The number of rotatable bonds is 4. The van der Waals surface area contributed by atoms with Crippen LogP contribution in [-0.4, -0.2) is 21.2 Å². The third-order valence-electron chi connectivity index (χ3n) is 5.21. The Labute approximate surface area is 181 Å². The number of hydrogen-bond acceptors (Lipinski definition) is 7. The summed E-state index contributed by atoms with van der Waals surface area (Å²) in [6, 6.07) is 12.6. The summed E-state index contributed by atoms with van der Waals surface area (Å²) in [6.45, 7) is 4.17. The van der Waals surface area contributed by atoms with Gasteiger partial charge in [-0.3, -0.25) is 14.5 Å². The van der Waals surface area contributed by atoms with Crippen molar-refractivity contribution >= 4 is 33.3 Å². The van der Waals surface area contributed by atoms with Crippen LogP contribution in [0.15, 0.2) is 57.7 Å². The molecule has 2 aromatic heterocycles. The normalized spacial score (nSPS) is 15.8. The van der Waals surface area contributed by atoms with Gasteiger partial charge in [-0.05, 0) is 35.7 Å². The summed E-state index contributed by atoms with van der Waals surface area (Å²) >= 11 is 1.32. The number of fused-ring (bicyclic) bond motifs is 2. The van der Waals surface area contributed by atoms with Gasteiger partial charge in [-0.2, -0.15) is 0 Å². The van der Waals surface area contributed by atoms with Gasteiger partial charge in [-0.15, -0.1) is 10.2 Å². The minimum atomic E-state index is -0.768. The van der Waals surface area contributed by atoms with E-state index >= 15 is 0 Å². The van der Waals surface area contributed by atoms with E-state index in [1.54, 1.807) is 48.5 Å². The number of aromatic nitrogens is 2. The number of nitrogens with zero attached hydrogens (tertiary/aromatic N) is 3. The van der Waals surface area contributed by atoms with Gasteiger partial charge in [0.2, 0.25) is 10.9 Å². The molecule has 1 aliphatic rings. The molecule has 0 spiro atoms. The van der Waals surface area contributed by atoms with Crippen molar-refractivity contribution < 1.29 is 14.3 Å².